The van der Waals surface area contributed by atoms with Crippen LogP contribution in [0.4, 0.5) is 5.95 Å². The van der Waals surface area contributed by atoms with Crippen molar-refractivity contribution < 1.29 is 4.79 Å². The van der Waals surface area contributed by atoms with Gasteiger partial charge in [0.1, 0.15) is 6.54 Å². The van der Waals surface area contributed by atoms with Gasteiger partial charge in [-0.2, -0.15) is 4.98 Å². The van der Waals surface area contributed by atoms with Crippen molar-refractivity contribution in [2.75, 3.05) is 24.5 Å². The first-order valence-electron chi connectivity index (χ1n) is 9.72. The number of imidazole rings is 1. The highest BCUT2D eigenvalue weighted by Crippen LogP contribution is 2.32. The molecule has 2 unspecified atom stereocenters. The lowest BCUT2D eigenvalue weighted by molar-refractivity contribution is -0.122. The lowest BCUT2D eigenvalue weighted by Gasteiger charge is -2.25. The normalized spacial score (nSPS) is 21.7. The van der Waals surface area contributed by atoms with Gasteiger partial charge in [0.25, 0.3) is 5.56 Å². The molecule has 2 aliphatic rings. The van der Waals surface area contributed by atoms with Crippen molar-refractivity contribution in [2.24, 2.45) is 20.0 Å². The van der Waals surface area contributed by atoms with Gasteiger partial charge in [0, 0.05) is 45.8 Å². The van der Waals surface area contributed by atoms with Crippen LogP contribution in [0.1, 0.15) is 20.3 Å². The molecule has 2 aromatic rings. The number of carbonyl (C=O) groups is 1. The van der Waals surface area contributed by atoms with Gasteiger partial charge >= 0.3 is 5.69 Å². The monoisotopic (exact) mass is 389 g/mol. The van der Waals surface area contributed by atoms with Gasteiger partial charge in [-0.3, -0.25) is 23.3 Å². The third kappa shape index (κ3) is 2.83. The Bertz CT molecular complexity index is 1050. The molecule has 28 heavy (non-hydrogen) atoms. The Hall–Kier alpha value is -2.62. The minimum absolute atomic E-state index is 0.00637. The summed E-state index contributed by atoms with van der Waals surface area (Å²) in [6.07, 6.45) is 1.04. The summed E-state index contributed by atoms with van der Waals surface area (Å²) in [5, 5.41) is 6.28. The topological polar surface area (TPSA) is 106 Å². The molecule has 2 fully saturated rings. The summed E-state index contributed by atoms with van der Waals surface area (Å²) in [6.45, 7) is 6.41. The largest absolute Gasteiger partial charge is 0.352 e. The highest BCUT2D eigenvalue weighted by atomic mass is 16.2. The molecule has 0 aliphatic carbocycles. The van der Waals surface area contributed by atoms with E-state index in [1.165, 1.54) is 11.6 Å². The number of nitrogens with zero attached hydrogens (tertiary/aromatic N) is 5. The van der Waals surface area contributed by atoms with Gasteiger partial charge in [0.05, 0.1) is 0 Å². The molecule has 0 saturated carbocycles. The van der Waals surface area contributed by atoms with Crippen molar-refractivity contribution in [3.05, 3.63) is 20.8 Å². The number of nitrogens with one attached hydrogen (secondary N) is 2. The van der Waals surface area contributed by atoms with Crippen LogP contribution in [0.3, 0.4) is 0 Å². The molecule has 0 bridgehead atoms. The van der Waals surface area contributed by atoms with E-state index in [4.69, 9.17) is 0 Å². The number of hydrogen-bond acceptors (Lipinski definition) is 6. The van der Waals surface area contributed by atoms with Crippen molar-refractivity contribution in [2.45, 2.75) is 38.9 Å². The fourth-order valence-electron chi connectivity index (χ4n) is 4.41. The third-order valence-corrected chi connectivity index (χ3v) is 5.78. The smallest absolute Gasteiger partial charge is 0.332 e. The minimum atomic E-state index is -0.436. The van der Waals surface area contributed by atoms with Crippen molar-refractivity contribution >= 4 is 23.0 Å². The van der Waals surface area contributed by atoms with Crippen LogP contribution < -0.4 is 26.8 Å². The number of aromatic nitrogens is 4. The summed E-state index contributed by atoms with van der Waals surface area (Å²) in [5.74, 6) is 0.930. The van der Waals surface area contributed by atoms with E-state index < -0.39 is 11.2 Å². The molecule has 4 rings (SSSR count). The maximum Gasteiger partial charge on any atom is 0.332 e. The number of anilines is 1. The predicted octanol–water partition coefficient (Wildman–Crippen LogP) is -1.24. The van der Waals surface area contributed by atoms with E-state index in [1.807, 2.05) is 13.8 Å². The molecule has 2 aromatic heterocycles. The van der Waals surface area contributed by atoms with Crippen molar-refractivity contribution in [3.63, 3.8) is 0 Å². The number of aryl methyl sites for hydroxylation is 1. The van der Waals surface area contributed by atoms with Crippen molar-refractivity contribution in [3.8, 4) is 0 Å². The summed E-state index contributed by atoms with van der Waals surface area (Å²) >= 11 is 0. The van der Waals surface area contributed by atoms with Gasteiger partial charge in [-0.05, 0) is 26.2 Å². The molecule has 1 amide bonds. The summed E-state index contributed by atoms with van der Waals surface area (Å²) in [5.41, 5.74) is -0.264. The highest BCUT2D eigenvalue weighted by Gasteiger charge is 2.40. The number of rotatable bonds is 4. The van der Waals surface area contributed by atoms with E-state index in [1.54, 1.807) is 11.6 Å². The molecule has 0 spiro atoms. The summed E-state index contributed by atoms with van der Waals surface area (Å²) in [7, 11) is 3.05. The van der Waals surface area contributed by atoms with Crippen LogP contribution in [0.5, 0.6) is 0 Å². The zero-order chi connectivity index (χ0) is 20.2. The van der Waals surface area contributed by atoms with E-state index in [-0.39, 0.29) is 30.1 Å². The average Bonchev–Trinajstić information content (AvgIpc) is 3.32. The second-order valence-electron chi connectivity index (χ2n) is 8.07. The number of carbonyl (C=O) groups excluding carboxylic acids is 1. The van der Waals surface area contributed by atoms with E-state index in [0.29, 0.717) is 17.5 Å². The van der Waals surface area contributed by atoms with E-state index in [0.717, 1.165) is 30.6 Å². The zero-order valence-corrected chi connectivity index (χ0v) is 16.7. The Morgan fingerprint density at radius 2 is 2.00 bits per heavy atom. The summed E-state index contributed by atoms with van der Waals surface area (Å²) in [6, 6.07) is 0.276. The van der Waals surface area contributed by atoms with Crippen LogP contribution >= 0.6 is 0 Å². The summed E-state index contributed by atoms with van der Waals surface area (Å²) < 4.78 is 4.11. The predicted molar refractivity (Wildman–Crippen MR) is 106 cm³/mol. The second-order valence-corrected chi connectivity index (χ2v) is 8.07. The van der Waals surface area contributed by atoms with Crippen LogP contribution in [0.2, 0.25) is 0 Å². The van der Waals surface area contributed by atoms with Crippen molar-refractivity contribution in [1.82, 2.24) is 29.3 Å². The first kappa shape index (κ1) is 18.7. The maximum absolute atomic E-state index is 12.9. The first-order valence-corrected chi connectivity index (χ1v) is 9.72. The molecule has 0 aromatic carbocycles. The van der Waals surface area contributed by atoms with E-state index in [2.05, 4.69) is 20.5 Å². The quantitative estimate of drug-likeness (QED) is 0.677. The van der Waals surface area contributed by atoms with Gasteiger partial charge in [-0.1, -0.05) is 0 Å². The molecule has 2 atom stereocenters. The fourth-order valence-corrected chi connectivity index (χ4v) is 4.41. The Balaban J connectivity index is 1.90. The Morgan fingerprint density at radius 3 is 2.71 bits per heavy atom. The van der Waals surface area contributed by atoms with Gasteiger partial charge in [-0.15, -0.1) is 0 Å². The molecule has 10 nitrogen and oxygen atoms in total. The number of fused-ring (bicyclic) bond motifs is 2. The zero-order valence-electron chi connectivity index (χ0n) is 16.7. The van der Waals surface area contributed by atoms with Crippen LogP contribution in [0, 0.1) is 5.92 Å². The molecule has 4 heterocycles. The molecule has 152 valence electrons. The Kier molecular flexibility index (Phi) is 4.53. The summed E-state index contributed by atoms with van der Waals surface area (Å²) in [4.78, 5) is 44.7. The Morgan fingerprint density at radius 1 is 1.25 bits per heavy atom. The number of hydrogen-bond donors (Lipinski definition) is 2. The van der Waals surface area contributed by atoms with Gasteiger partial charge < -0.3 is 15.5 Å². The molecule has 10 heteroatoms. The Labute approximate surface area is 162 Å². The minimum Gasteiger partial charge on any atom is -0.352 e. The van der Waals surface area contributed by atoms with Crippen LogP contribution in [0.15, 0.2) is 9.59 Å². The van der Waals surface area contributed by atoms with Crippen LogP contribution in [-0.4, -0.2) is 56.3 Å². The van der Waals surface area contributed by atoms with Crippen LogP contribution in [-0.2, 0) is 25.4 Å². The maximum atomic E-state index is 12.9. The molecular formula is C18H27N7O3. The van der Waals surface area contributed by atoms with E-state index in [9.17, 15) is 14.4 Å². The van der Waals surface area contributed by atoms with Gasteiger partial charge in [-0.25, -0.2) is 4.79 Å². The number of amides is 1. The van der Waals surface area contributed by atoms with Crippen molar-refractivity contribution in [1.29, 1.82) is 0 Å². The van der Waals surface area contributed by atoms with Crippen LogP contribution in [0.25, 0.3) is 11.2 Å². The molecule has 0 radical (unpaired) electrons. The molecule has 2 aliphatic heterocycles. The molecule has 2 N–H and O–H groups in total. The standard InChI is InChI=1S/C18H27N7O3/c1-10(2)20-13(26)9-25-14-15(22(3)18(28)23(4)16(14)27)21-17(25)24-6-5-11-7-19-8-12(11)24/h10-12,19H,5-9H2,1-4H3,(H,20,26). The third-order valence-electron chi connectivity index (χ3n) is 5.78. The first-order chi connectivity index (χ1) is 13.3. The highest BCUT2D eigenvalue weighted by molar-refractivity contribution is 5.81. The average molecular weight is 389 g/mol. The SMILES string of the molecule is CC(C)NC(=O)Cn1c(N2CCC3CNCC32)nc2c1c(=O)n(C)c(=O)n2C. The molecular weight excluding hydrogens is 362 g/mol. The van der Waals surface area contributed by atoms with E-state index >= 15 is 0 Å². The lowest BCUT2D eigenvalue weighted by atomic mass is 10.1. The fraction of sp³-hybridized carbons (Fsp3) is 0.667. The van der Waals surface area contributed by atoms with Gasteiger partial charge in [0.2, 0.25) is 11.9 Å². The van der Waals surface area contributed by atoms with Gasteiger partial charge in [0.15, 0.2) is 11.2 Å². The molecule has 2 saturated heterocycles. The lowest BCUT2D eigenvalue weighted by Crippen LogP contribution is -2.40. The second kappa shape index (κ2) is 6.77.